The van der Waals surface area contributed by atoms with E-state index in [2.05, 4.69) is 11.9 Å². The zero-order chi connectivity index (χ0) is 11.2. The number of alkyl halides is 1. The van der Waals surface area contributed by atoms with Crippen molar-refractivity contribution in [2.75, 3.05) is 12.4 Å². The molecule has 0 saturated carbocycles. The molecule has 0 aromatic carbocycles. The van der Waals surface area contributed by atoms with E-state index in [1.807, 2.05) is 0 Å². The average Bonchev–Trinajstić information content (AvgIpc) is 2.11. The summed E-state index contributed by atoms with van der Waals surface area (Å²) in [4.78, 5) is 21.5. The molecular weight excluding hydrogens is 206 g/mol. The highest BCUT2D eigenvalue weighted by atomic mass is 35.5. The first-order valence-corrected chi connectivity index (χ1v) is 4.63. The summed E-state index contributed by atoms with van der Waals surface area (Å²) in [5.41, 5.74) is -1.01. The molecule has 0 aliphatic carbocycles. The molecule has 0 radical (unpaired) electrons. The molecule has 1 atom stereocenters. The van der Waals surface area contributed by atoms with Gasteiger partial charge in [0.25, 0.3) is 0 Å². The summed E-state index contributed by atoms with van der Waals surface area (Å²) in [6.07, 6.45) is 1.41. The van der Waals surface area contributed by atoms with Crippen LogP contribution < -0.4 is 5.32 Å². The average molecular weight is 220 g/mol. The normalized spacial score (nSPS) is 13.9. The highest BCUT2D eigenvalue weighted by Gasteiger charge is 2.29. The van der Waals surface area contributed by atoms with Gasteiger partial charge in [0.15, 0.2) is 5.60 Å². The van der Waals surface area contributed by atoms with E-state index < -0.39 is 11.6 Å². The molecule has 0 bridgehead atoms. The van der Waals surface area contributed by atoms with Crippen molar-refractivity contribution in [1.29, 1.82) is 0 Å². The number of carbonyl (C=O) groups excluding carboxylic acids is 2. The standard InChI is InChI=1S/C9H14ClNO3/c1-4-9(5-10,14-8(3)13)6-11-7(2)12/h4H,1,5-6H2,2-3H3,(H,11,12). The second kappa shape index (κ2) is 5.65. The van der Waals surface area contributed by atoms with Gasteiger partial charge in [-0.05, 0) is 6.08 Å². The Balaban J connectivity index is 4.44. The first kappa shape index (κ1) is 13.0. The van der Waals surface area contributed by atoms with Crippen molar-refractivity contribution in [2.24, 2.45) is 0 Å². The Kier molecular flexibility index (Phi) is 5.23. The van der Waals surface area contributed by atoms with Crippen LogP contribution in [0.15, 0.2) is 12.7 Å². The van der Waals surface area contributed by atoms with Gasteiger partial charge in [-0.25, -0.2) is 0 Å². The van der Waals surface area contributed by atoms with Crippen molar-refractivity contribution in [1.82, 2.24) is 5.32 Å². The van der Waals surface area contributed by atoms with E-state index in [1.165, 1.54) is 19.9 Å². The number of rotatable bonds is 5. The number of nitrogens with one attached hydrogen (secondary N) is 1. The predicted molar refractivity (Wildman–Crippen MR) is 54.1 cm³/mol. The van der Waals surface area contributed by atoms with Crippen LogP contribution in [0.1, 0.15) is 13.8 Å². The van der Waals surface area contributed by atoms with E-state index >= 15 is 0 Å². The van der Waals surface area contributed by atoms with Crippen LogP contribution in [0.2, 0.25) is 0 Å². The smallest absolute Gasteiger partial charge is 0.303 e. The number of carbonyl (C=O) groups is 2. The van der Waals surface area contributed by atoms with Crippen LogP contribution in [-0.4, -0.2) is 29.9 Å². The molecule has 0 aliphatic heterocycles. The number of amides is 1. The molecule has 0 spiro atoms. The molecule has 0 rings (SSSR count). The van der Waals surface area contributed by atoms with Crippen LogP contribution in [0.4, 0.5) is 0 Å². The molecule has 1 unspecified atom stereocenters. The Hall–Kier alpha value is -1.03. The monoisotopic (exact) mass is 219 g/mol. The lowest BCUT2D eigenvalue weighted by Crippen LogP contribution is -2.45. The SMILES string of the molecule is C=CC(CCl)(CNC(C)=O)OC(C)=O. The minimum absolute atomic E-state index is 0.0519. The second-order valence-corrected chi connectivity index (χ2v) is 3.17. The molecule has 1 N–H and O–H groups in total. The fraction of sp³-hybridized carbons (Fsp3) is 0.556. The van der Waals surface area contributed by atoms with Crippen LogP contribution in [0, 0.1) is 0 Å². The van der Waals surface area contributed by atoms with Gasteiger partial charge in [0.2, 0.25) is 5.91 Å². The minimum atomic E-state index is -1.01. The molecule has 14 heavy (non-hydrogen) atoms. The summed E-state index contributed by atoms with van der Waals surface area (Å²) in [5.74, 6) is -0.625. The number of esters is 1. The summed E-state index contributed by atoms with van der Waals surface area (Å²) in [6, 6.07) is 0. The molecule has 1 amide bonds. The summed E-state index contributed by atoms with van der Waals surface area (Å²) < 4.78 is 4.98. The van der Waals surface area contributed by atoms with Gasteiger partial charge < -0.3 is 10.1 Å². The van der Waals surface area contributed by atoms with E-state index in [1.54, 1.807) is 0 Å². The molecule has 5 heteroatoms. The first-order chi connectivity index (χ1) is 6.45. The molecule has 4 nitrogen and oxygen atoms in total. The lowest BCUT2D eigenvalue weighted by atomic mass is 10.1. The third-order valence-corrected chi connectivity index (χ3v) is 2.03. The van der Waals surface area contributed by atoms with Crippen molar-refractivity contribution in [2.45, 2.75) is 19.4 Å². The lowest BCUT2D eigenvalue weighted by molar-refractivity contribution is -0.151. The molecule has 0 aliphatic rings. The number of hydrogen-bond acceptors (Lipinski definition) is 3. The quantitative estimate of drug-likeness (QED) is 0.424. The van der Waals surface area contributed by atoms with Crippen molar-refractivity contribution < 1.29 is 14.3 Å². The molecule has 0 aromatic rings. The number of halogens is 1. The second-order valence-electron chi connectivity index (χ2n) is 2.91. The maximum absolute atomic E-state index is 10.8. The molecule has 80 valence electrons. The van der Waals surface area contributed by atoms with Gasteiger partial charge in [0.1, 0.15) is 0 Å². The highest BCUT2D eigenvalue weighted by molar-refractivity contribution is 6.18. The van der Waals surface area contributed by atoms with E-state index in [9.17, 15) is 9.59 Å². The molecule has 0 saturated heterocycles. The van der Waals surface area contributed by atoms with Crippen molar-refractivity contribution in [3.63, 3.8) is 0 Å². The van der Waals surface area contributed by atoms with Gasteiger partial charge >= 0.3 is 5.97 Å². The Morgan fingerprint density at radius 2 is 2.14 bits per heavy atom. The van der Waals surface area contributed by atoms with Crippen molar-refractivity contribution in [3.05, 3.63) is 12.7 Å². The topological polar surface area (TPSA) is 55.4 Å². The summed E-state index contributed by atoms with van der Waals surface area (Å²) in [7, 11) is 0. The van der Waals surface area contributed by atoms with Gasteiger partial charge in [-0.15, -0.1) is 11.6 Å². The zero-order valence-corrected chi connectivity index (χ0v) is 9.06. The van der Waals surface area contributed by atoms with Gasteiger partial charge in [-0.1, -0.05) is 6.58 Å². The maximum atomic E-state index is 10.8. The van der Waals surface area contributed by atoms with Gasteiger partial charge in [0.05, 0.1) is 12.4 Å². The van der Waals surface area contributed by atoms with Gasteiger partial charge in [-0.2, -0.15) is 0 Å². The van der Waals surface area contributed by atoms with Crippen LogP contribution in [-0.2, 0) is 14.3 Å². The van der Waals surface area contributed by atoms with E-state index in [4.69, 9.17) is 16.3 Å². The zero-order valence-electron chi connectivity index (χ0n) is 8.30. The maximum Gasteiger partial charge on any atom is 0.303 e. The molecule has 0 aromatic heterocycles. The van der Waals surface area contributed by atoms with Crippen LogP contribution in [0.5, 0.6) is 0 Å². The Morgan fingerprint density at radius 1 is 1.57 bits per heavy atom. The largest absolute Gasteiger partial charge is 0.452 e. The van der Waals surface area contributed by atoms with E-state index in [0.717, 1.165) is 0 Å². The summed E-state index contributed by atoms with van der Waals surface area (Å²) in [6.45, 7) is 6.30. The van der Waals surface area contributed by atoms with Crippen molar-refractivity contribution >= 4 is 23.5 Å². The minimum Gasteiger partial charge on any atom is -0.452 e. The lowest BCUT2D eigenvalue weighted by Gasteiger charge is -2.27. The molecule has 0 fully saturated rings. The van der Waals surface area contributed by atoms with E-state index in [-0.39, 0.29) is 18.3 Å². The van der Waals surface area contributed by atoms with Crippen LogP contribution in [0.3, 0.4) is 0 Å². The van der Waals surface area contributed by atoms with E-state index in [0.29, 0.717) is 0 Å². The number of hydrogen-bond donors (Lipinski definition) is 1. The highest BCUT2D eigenvalue weighted by Crippen LogP contribution is 2.14. The first-order valence-electron chi connectivity index (χ1n) is 4.09. The summed E-state index contributed by atoms with van der Waals surface area (Å²) >= 11 is 5.65. The number of ether oxygens (including phenoxy) is 1. The Labute approximate surface area is 88.3 Å². The predicted octanol–water partition coefficient (Wildman–Crippen LogP) is 0.849. The molecular formula is C9H14ClNO3. The Morgan fingerprint density at radius 3 is 2.43 bits per heavy atom. The van der Waals surface area contributed by atoms with Crippen LogP contribution in [0.25, 0.3) is 0 Å². The van der Waals surface area contributed by atoms with Crippen molar-refractivity contribution in [3.8, 4) is 0 Å². The molecule has 0 heterocycles. The Bertz CT molecular complexity index is 242. The van der Waals surface area contributed by atoms with Gasteiger partial charge in [-0.3, -0.25) is 9.59 Å². The fourth-order valence-electron chi connectivity index (χ4n) is 0.839. The third kappa shape index (κ3) is 4.28. The fourth-order valence-corrected chi connectivity index (χ4v) is 1.10. The third-order valence-electron chi connectivity index (χ3n) is 1.58. The summed E-state index contributed by atoms with van der Waals surface area (Å²) in [5, 5.41) is 2.52. The van der Waals surface area contributed by atoms with Crippen LogP contribution >= 0.6 is 11.6 Å². The van der Waals surface area contributed by atoms with Gasteiger partial charge in [0, 0.05) is 13.8 Å².